The van der Waals surface area contributed by atoms with E-state index in [4.69, 9.17) is 18.9 Å². The second-order valence-corrected chi connectivity index (χ2v) is 13.4. The highest BCUT2D eigenvalue weighted by molar-refractivity contribution is 9.10. The molecule has 2 heterocycles. The van der Waals surface area contributed by atoms with Crippen molar-refractivity contribution in [3.05, 3.63) is 34.8 Å². The highest BCUT2D eigenvalue weighted by atomic mass is 79.9. The van der Waals surface area contributed by atoms with Gasteiger partial charge in [0.1, 0.15) is 28.2 Å². The van der Waals surface area contributed by atoms with Gasteiger partial charge in [-0.15, -0.1) is 5.10 Å². The van der Waals surface area contributed by atoms with Crippen LogP contribution in [0.3, 0.4) is 0 Å². The van der Waals surface area contributed by atoms with Crippen LogP contribution in [0, 0.1) is 0 Å². The number of hydrogen-bond donors (Lipinski definition) is 0. The SMILES string of the molecule is COc1cccc2c1N(C(=O)OC(C)(C)C)c1nn(C(=O)OC(C)(C)C)c3cc(Br)cc(c13)N2C(=O)OC(C)(C)C. The van der Waals surface area contributed by atoms with Gasteiger partial charge in [-0.2, -0.15) is 4.68 Å². The zero-order chi connectivity index (χ0) is 30.7. The molecule has 0 atom stereocenters. The summed E-state index contributed by atoms with van der Waals surface area (Å²) in [5, 5.41) is 4.91. The van der Waals surface area contributed by atoms with E-state index < -0.39 is 35.1 Å². The summed E-state index contributed by atoms with van der Waals surface area (Å²) >= 11 is 3.52. The number of nitrogens with zero attached hydrogens (tertiary/aromatic N) is 4. The largest absolute Gasteiger partial charge is 0.494 e. The van der Waals surface area contributed by atoms with Gasteiger partial charge < -0.3 is 18.9 Å². The van der Waals surface area contributed by atoms with E-state index in [9.17, 15) is 14.4 Å². The molecule has 220 valence electrons. The molecule has 1 aliphatic rings. The topological polar surface area (TPSA) is 112 Å². The van der Waals surface area contributed by atoms with Gasteiger partial charge in [0.2, 0.25) is 0 Å². The lowest BCUT2D eigenvalue weighted by Crippen LogP contribution is -2.36. The summed E-state index contributed by atoms with van der Waals surface area (Å²) in [6, 6.07) is 8.37. The Morgan fingerprint density at radius 3 is 1.83 bits per heavy atom. The van der Waals surface area contributed by atoms with E-state index in [1.165, 1.54) is 16.9 Å². The average Bonchev–Trinajstić information content (AvgIpc) is 3.09. The first-order valence-electron chi connectivity index (χ1n) is 13.0. The van der Waals surface area contributed by atoms with Gasteiger partial charge in [0.15, 0.2) is 5.82 Å². The average molecular weight is 632 g/mol. The van der Waals surface area contributed by atoms with Crippen LogP contribution in [-0.2, 0) is 14.2 Å². The third-order valence-corrected chi connectivity index (χ3v) is 6.00. The predicted molar refractivity (Wildman–Crippen MR) is 159 cm³/mol. The van der Waals surface area contributed by atoms with E-state index in [-0.39, 0.29) is 28.5 Å². The van der Waals surface area contributed by atoms with Crippen LogP contribution in [0.5, 0.6) is 5.75 Å². The molecule has 1 aliphatic heterocycles. The third kappa shape index (κ3) is 6.12. The Bertz CT molecular complexity index is 1540. The molecule has 41 heavy (non-hydrogen) atoms. The quantitative estimate of drug-likeness (QED) is 0.248. The van der Waals surface area contributed by atoms with Crippen molar-refractivity contribution < 1.29 is 33.3 Å². The molecular weight excluding hydrogens is 596 g/mol. The molecule has 0 aliphatic carbocycles. The summed E-state index contributed by atoms with van der Waals surface area (Å²) in [5.74, 6) is 0.299. The highest BCUT2D eigenvalue weighted by Gasteiger charge is 2.42. The number of carbonyl (C=O) groups is 3. The molecule has 0 bridgehead atoms. The molecular formula is C29H35BrN4O7. The summed E-state index contributed by atoms with van der Waals surface area (Å²) in [4.78, 5) is 43.8. The smallest absolute Gasteiger partial charge is 0.435 e. The third-order valence-electron chi connectivity index (χ3n) is 5.54. The van der Waals surface area contributed by atoms with Crippen molar-refractivity contribution in [1.29, 1.82) is 0 Å². The first kappa shape index (κ1) is 30.2. The van der Waals surface area contributed by atoms with Gasteiger partial charge in [0.05, 0.1) is 29.4 Å². The molecule has 0 saturated carbocycles. The van der Waals surface area contributed by atoms with Crippen molar-refractivity contribution in [2.24, 2.45) is 0 Å². The fourth-order valence-electron chi connectivity index (χ4n) is 4.26. The Kier molecular flexibility index (Phi) is 7.53. The summed E-state index contributed by atoms with van der Waals surface area (Å²) < 4.78 is 24.6. The molecule has 0 saturated heterocycles. The van der Waals surface area contributed by atoms with Crippen molar-refractivity contribution in [3.63, 3.8) is 0 Å². The number of carbonyl (C=O) groups excluding carboxylic acids is 3. The van der Waals surface area contributed by atoms with Crippen LogP contribution in [-0.4, -0.2) is 52.0 Å². The van der Waals surface area contributed by atoms with Crippen molar-refractivity contribution in [1.82, 2.24) is 9.78 Å². The fraction of sp³-hybridized carbons (Fsp3) is 0.448. The lowest BCUT2D eigenvalue weighted by molar-refractivity contribution is 0.0517. The van der Waals surface area contributed by atoms with Crippen molar-refractivity contribution in [2.75, 3.05) is 16.9 Å². The van der Waals surface area contributed by atoms with Crippen LogP contribution in [0.2, 0.25) is 0 Å². The molecule has 0 radical (unpaired) electrons. The van der Waals surface area contributed by atoms with Crippen LogP contribution in [0.15, 0.2) is 34.8 Å². The number of benzene rings is 2. The van der Waals surface area contributed by atoms with Crippen LogP contribution in [0.25, 0.3) is 10.9 Å². The number of halogens is 1. The summed E-state index contributed by atoms with van der Waals surface area (Å²) in [6.45, 7) is 15.7. The number of hydrogen-bond acceptors (Lipinski definition) is 8. The van der Waals surface area contributed by atoms with Gasteiger partial charge in [-0.3, -0.25) is 0 Å². The molecule has 0 fully saturated rings. The molecule has 0 N–H and O–H groups in total. The molecule has 2 aromatic carbocycles. The molecule has 12 heteroatoms. The molecule has 0 unspecified atom stereocenters. The van der Waals surface area contributed by atoms with Gasteiger partial charge in [-0.05, 0) is 86.6 Å². The Hall–Kier alpha value is -3.80. The summed E-state index contributed by atoms with van der Waals surface area (Å²) in [7, 11) is 1.45. The standard InChI is InChI=1S/C29H35BrN4O7/c1-27(2,3)39-24(35)32-17-12-11-13-20(38-10)22(17)33(25(36)40-28(4,5)6)23-21-18(32)14-16(30)15-19(21)34(31-23)26(37)41-29(7,8)9/h11-15H,1-10H3. The fourth-order valence-corrected chi connectivity index (χ4v) is 4.69. The maximum Gasteiger partial charge on any atom is 0.435 e. The normalized spacial score (nSPS) is 13.4. The lowest BCUT2D eigenvalue weighted by Gasteiger charge is -2.30. The lowest BCUT2D eigenvalue weighted by atomic mass is 10.1. The second kappa shape index (κ2) is 10.2. The molecule has 3 aromatic rings. The molecule has 4 rings (SSSR count). The maximum absolute atomic E-state index is 14.0. The number of aromatic nitrogens is 2. The second-order valence-electron chi connectivity index (χ2n) is 12.5. The van der Waals surface area contributed by atoms with Gasteiger partial charge >= 0.3 is 18.3 Å². The van der Waals surface area contributed by atoms with Crippen LogP contribution in [0.4, 0.5) is 37.3 Å². The number of anilines is 4. The Balaban J connectivity index is 2.16. The minimum absolute atomic E-state index is 0.0411. The van der Waals surface area contributed by atoms with E-state index in [1.807, 2.05) is 0 Å². The first-order valence-corrected chi connectivity index (χ1v) is 13.8. The monoisotopic (exact) mass is 630 g/mol. The van der Waals surface area contributed by atoms with E-state index in [0.717, 1.165) is 4.68 Å². The van der Waals surface area contributed by atoms with Gasteiger partial charge in [0, 0.05) is 4.47 Å². The maximum atomic E-state index is 14.0. The van der Waals surface area contributed by atoms with Crippen molar-refractivity contribution in [2.45, 2.75) is 79.1 Å². The number of fused-ring (bicyclic) bond motifs is 1. The Labute approximate surface area is 247 Å². The van der Waals surface area contributed by atoms with Crippen LogP contribution >= 0.6 is 15.9 Å². The molecule has 2 amide bonds. The molecule has 0 spiro atoms. The molecule has 11 nitrogen and oxygen atoms in total. The molecule has 1 aromatic heterocycles. The number of para-hydroxylation sites is 1. The number of ether oxygens (including phenoxy) is 4. The summed E-state index contributed by atoms with van der Waals surface area (Å²) in [5.41, 5.74) is -1.50. The van der Waals surface area contributed by atoms with E-state index in [1.54, 1.807) is 92.6 Å². The Morgan fingerprint density at radius 1 is 0.756 bits per heavy atom. The van der Waals surface area contributed by atoms with Crippen molar-refractivity contribution in [3.8, 4) is 5.75 Å². The summed E-state index contributed by atoms with van der Waals surface area (Å²) in [6.07, 6.45) is -2.28. The minimum Gasteiger partial charge on any atom is -0.494 e. The van der Waals surface area contributed by atoms with E-state index in [0.29, 0.717) is 15.5 Å². The van der Waals surface area contributed by atoms with Gasteiger partial charge in [0.25, 0.3) is 0 Å². The van der Waals surface area contributed by atoms with Crippen LogP contribution < -0.4 is 14.5 Å². The number of methoxy groups -OCH3 is 1. The first-order chi connectivity index (χ1) is 18.8. The number of amides is 2. The highest BCUT2D eigenvalue weighted by Crippen LogP contribution is 2.52. The minimum atomic E-state index is -0.883. The van der Waals surface area contributed by atoms with Gasteiger partial charge in [-0.1, -0.05) is 22.0 Å². The predicted octanol–water partition coefficient (Wildman–Crippen LogP) is 8.05. The van der Waals surface area contributed by atoms with E-state index >= 15 is 0 Å². The van der Waals surface area contributed by atoms with Crippen molar-refractivity contribution >= 4 is 68.0 Å². The number of rotatable bonds is 1. The van der Waals surface area contributed by atoms with E-state index in [2.05, 4.69) is 21.0 Å². The zero-order valence-corrected chi connectivity index (χ0v) is 26.5. The Morgan fingerprint density at radius 2 is 1.29 bits per heavy atom. The zero-order valence-electron chi connectivity index (χ0n) is 24.9. The van der Waals surface area contributed by atoms with Gasteiger partial charge in [-0.25, -0.2) is 24.2 Å². The van der Waals surface area contributed by atoms with Crippen LogP contribution in [0.1, 0.15) is 62.3 Å².